The number of nitrogens with two attached hydrogens (primary N) is 1. The van der Waals surface area contributed by atoms with Crippen LogP contribution in [0.1, 0.15) is 51.4 Å². The summed E-state index contributed by atoms with van der Waals surface area (Å²) >= 11 is 0. The minimum absolute atomic E-state index is 0.181. The summed E-state index contributed by atoms with van der Waals surface area (Å²) in [5.74, 6) is -0.0447. The van der Waals surface area contributed by atoms with E-state index >= 15 is 0 Å². The van der Waals surface area contributed by atoms with Crippen LogP contribution in [0.15, 0.2) is 4.99 Å². The van der Waals surface area contributed by atoms with Gasteiger partial charge in [-0.3, -0.25) is 9.59 Å². The summed E-state index contributed by atoms with van der Waals surface area (Å²) in [4.78, 5) is 28.4. The molecule has 0 bridgehead atoms. The molecule has 18 heavy (non-hydrogen) atoms. The average Bonchev–Trinajstić information content (AvgIpc) is 2.27. The molecule has 0 saturated heterocycles. The SMILES string of the molecule is NC1(C2=NC(=O)C3(CCC3)C(=O)N2)CCCCC1. The normalized spacial score (nSPS) is 29.5. The summed E-state index contributed by atoms with van der Waals surface area (Å²) in [7, 11) is 0. The maximum Gasteiger partial charge on any atom is 0.263 e. The highest BCUT2D eigenvalue weighted by atomic mass is 16.2. The van der Waals surface area contributed by atoms with E-state index in [0.29, 0.717) is 18.7 Å². The lowest BCUT2D eigenvalue weighted by molar-refractivity contribution is -0.147. The van der Waals surface area contributed by atoms with Crippen molar-refractivity contribution in [3.63, 3.8) is 0 Å². The minimum Gasteiger partial charge on any atom is -0.319 e. The Morgan fingerprint density at radius 1 is 1.00 bits per heavy atom. The molecule has 0 radical (unpaired) electrons. The van der Waals surface area contributed by atoms with Crippen LogP contribution in [0.2, 0.25) is 0 Å². The molecule has 3 rings (SSSR count). The van der Waals surface area contributed by atoms with Crippen LogP contribution in [0.3, 0.4) is 0 Å². The first-order chi connectivity index (χ1) is 8.57. The number of amides is 2. The lowest BCUT2D eigenvalue weighted by Gasteiger charge is -2.43. The number of amidine groups is 1. The van der Waals surface area contributed by atoms with Crippen molar-refractivity contribution < 1.29 is 9.59 Å². The molecule has 98 valence electrons. The molecule has 5 heteroatoms. The highest BCUT2D eigenvalue weighted by molar-refractivity contribution is 6.21. The fourth-order valence-electron chi connectivity index (χ4n) is 3.19. The van der Waals surface area contributed by atoms with Crippen molar-refractivity contribution in [2.45, 2.75) is 56.9 Å². The summed E-state index contributed by atoms with van der Waals surface area (Å²) in [6, 6.07) is 0. The maximum atomic E-state index is 12.1. The molecule has 3 aliphatic rings. The fourth-order valence-corrected chi connectivity index (χ4v) is 3.19. The van der Waals surface area contributed by atoms with Gasteiger partial charge in [0.25, 0.3) is 5.91 Å². The second-order valence-corrected chi connectivity index (χ2v) is 5.87. The number of hydrogen-bond acceptors (Lipinski definition) is 3. The summed E-state index contributed by atoms with van der Waals surface area (Å²) < 4.78 is 0. The average molecular weight is 249 g/mol. The predicted octanol–water partition coefficient (Wildman–Crippen LogP) is 0.873. The van der Waals surface area contributed by atoms with Crippen molar-refractivity contribution >= 4 is 17.6 Å². The molecule has 3 N–H and O–H groups in total. The minimum atomic E-state index is -0.853. The molecule has 1 spiro atoms. The van der Waals surface area contributed by atoms with E-state index in [2.05, 4.69) is 10.3 Å². The molecule has 1 aliphatic heterocycles. The van der Waals surface area contributed by atoms with Crippen LogP contribution < -0.4 is 11.1 Å². The third kappa shape index (κ3) is 1.53. The highest BCUT2D eigenvalue weighted by Crippen LogP contribution is 2.44. The van der Waals surface area contributed by atoms with E-state index in [1.807, 2.05) is 0 Å². The number of rotatable bonds is 1. The van der Waals surface area contributed by atoms with E-state index in [9.17, 15) is 9.59 Å². The van der Waals surface area contributed by atoms with Gasteiger partial charge in [-0.25, -0.2) is 0 Å². The number of nitrogens with zero attached hydrogens (tertiary/aromatic N) is 1. The van der Waals surface area contributed by atoms with Crippen molar-refractivity contribution in [3.05, 3.63) is 0 Å². The van der Waals surface area contributed by atoms with E-state index < -0.39 is 11.0 Å². The fraction of sp³-hybridized carbons (Fsp3) is 0.769. The topological polar surface area (TPSA) is 84.5 Å². The van der Waals surface area contributed by atoms with Gasteiger partial charge in [0.15, 0.2) is 0 Å². The zero-order chi connectivity index (χ0) is 12.8. The molecule has 5 nitrogen and oxygen atoms in total. The monoisotopic (exact) mass is 249 g/mol. The Labute approximate surface area is 106 Å². The van der Waals surface area contributed by atoms with Crippen LogP contribution in [0, 0.1) is 5.41 Å². The Bertz CT molecular complexity index is 432. The summed E-state index contributed by atoms with van der Waals surface area (Å²) in [6.45, 7) is 0. The lowest BCUT2D eigenvalue weighted by atomic mass is 9.66. The summed E-state index contributed by atoms with van der Waals surface area (Å²) in [6.07, 6.45) is 7.02. The standard InChI is InChI=1S/C13H19N3O2/c14-13(7-2-1-3-8-13)9-15-10(17)12(5-4-6-12)11(18)16-9/h1-8,14H2,(H,15,16,17,18). The molecule has 2 aliphatic carbocycles. The van der Waals surface area contributed by atoms with Gasteiger partial charge < -0.3 is 11.1 Å². The van der Waals surface area contributed by atoms with E-state index in [0.717, 1.165) is 38.5 Å². The molecular weight excluding hydrogens is 230 g/mol. The second-order valence-electron chi connectivity index (χ2n) is 5.87. The van der Waals surface area contributed by atoms with Gasteiger partial charge in [0.05, 0.1) is 5.54 Å². The summed E-state index contributed by atoms with van der Waals surface area (Å²) in [5.41, 5.74) is 4.85. The van der Waals surface area contributed by atoms with Crippen molar-refractivity contribution in [2.24, 2.45) is 16.1 Å². The predicted molar refractivity (Wildman–Crippen MR) is 66.9 cm³/mol. The Balaban J connectivity index is 1.88. The quantitative estimate of drug-likeness (QED) is 0.676. The number of hydrogen-bond donors (Lipinski definition) is 2. The third-order valence-corrected chi connectivity index (χ3v) is 4.71. The molecular formula is C13H19N3O2. The molecule has 2 amide bonds. The van der Waals surface area contributed by atoms with Gasteiger partial charge in [0, 0.05) is 0 Å². The Kier molecular flexibility index (Phi) is 2.55. The van der Waals surface area contributed by atoms with E-state index in [1.165, 1.54) is 0 Å². The van der Waals surface area contributed by atoms with Gasteiger partial charge in [0.2, 0.25) is 5.91 Å². The number of nitrogens with one attached hydrogen (secondary N) is 1. The van der Waals surface area contributed by atoms with Crippen molar-refractivity contribution in [3.8, 4) is 0 Å². The van der Waals surface area contributed by atoms with Crippen molar-refractivity contribution in [1.82, 2.24) is 5.32 Å². The maximum absolute atomic E-state index is 12.1. The molecule has 0 atom stereocenters. The number of carbonyl (C=O) groups is 2. The third-order valence-electron chi connectivity index (χ3n) is 4.71. The summed E-state index contributed by atoms with van der Waals surface area (Å²) in [5, 5.41) is 2.82. The first kappa shape index (κ1) is 11.8. The van der Waals surface area contributed by atoms with Crippen LogP contribution in [0.25, 0.3) is 0 Å². The number of aliphatic imine (C=N–C) groups is 1. The first-order valence-corrected chi connectivity index (χ1v) is 6.81. The molecule has 0 aromatic carbocycles. The molecule has 0 aromatic rings. The van der Waals surface area contributed by atoms with E-state index in [-0.39, 0.29) is 11.8 Å². The first-order valence-electron chi connectivity index (χ1n) is 6.81. The van der Waals surface area contributed by atoms with Gasteiger partial charge >= 0.3 is 0 Å². The highest BCUT2D eigenvalue weighted by Gasteiger charge is 2.54. The molecule has 2 saturated carbocycles. The van der Waals surface area contributed by atoms with Crippen LogP contribution in [-0.4, -0.2) is 23.2 Å². The zero-order valence-corrected chi connectivity index (χ0v) is 10.5. The molecule has 2 fully saturated rings. The Morgan fingerprint density at radius 2 is 1.67 bits per heavy atom. The van der Waals surface area contributed by atoms with Gasteiger partial charge in [-0.1, -0.05) is 25.7 Å². The van der Waals surface area contributed by atoms with Crippen molar-refractivity contribution in [2.75, 3.05) is 0 Å². The van der Waals surface area contributed by atoms with E-state index in [1.54, 1.807) is 0 Å². The molecule has 0 aromatic heterocycles. The second kappa shape index (κ2) is 3.88. The largest absolute Gasteiger partial charge is 0.319 e. The van der Waals surface area contributed by atoms with Gasteiger partial charge in [-0.15, -0.1) is 0 Å². The lowest BCUT2D eigenvalue weighted by Crippen LogP contribution is -2.64. The van der Waals surface area contributed by atoms with E-state index in [4.69, 9.17) is 5.73 Å². The molecule has 0 unspecified atom stereocenters. The van der Waals surface area contributed by atoms with Crippen molar-refractivity contribution in [1.29, 1.82) is 0 Å². The Morgan fingerprint density at radius 3 is 2.17 bits per heavy atom. The van der Waals surface area contributed by atoms with Crippen LogP contribution in [0.4, 0.5) is 0 Å². The number of carbonyl (C=O) groups excluding carboxylic acids is 2. The van der Waals surface area contributed by atoms with Gasteiger partial charge in [0.1, 0.15) is 11.3 Å². The molecule has 1 heterocycles. The van der Waals surface area contributed by atoms with Crippen LogP contribution in [-0.2, 0) is 9.59 Å². The van der Waals surface area contributed by atoms with Gasteiger partial charge in [-0.05, 0) is 25.7 Å². The van der Waals surface area contributed by atoms with Crippen LogP contribution in [0.5, 0.6) is 0 Å². The smallest absolute Gasteiger partial charge is 0.263 e. The van der Waals surface area contributed by atoms with Crippen LogP contribution >= 0.6 is 0 Å². The zero-order valence-electron chi connectivity index (χ0n) is 10.5. The Hall–Kier alpha value is -1.23. The van der Waals surface area contributed by atoms with Gasteiger partial charge in [-0.2, -0.15) is 4.99 Å².